The summed E-state index contributed by atoms with van der Waals surface area (Å²) in [5, 5.41) is 5.81. The van der Waals surface area contributed by atoms with Crippen LogP contribution in [0.2, 0.25) is 0 Å². The van der Waals surface area contributed by atoms with Gasteiger partial charge in [-0.05, 0) is 73.6 Å². The number of hydrogen-bond donors (Lipinski definition) is 3. The van der Waals surface area contributed by atoms with Crippen LogP contribution in [-0.4, -0.2) is 95.3 Å². The Morgan fingerprint density at radius 2 is 1.03 bits per heavy atom. The van der Waals surface area contributed by atoms with Gasteiger partial charge in [0.1, 0.15) is 44.0 Å². The molecule has 3 heterocycles. The third-order valence-corrected chi connectivity index (χ3v) is 10.9. The van der Waals surface area contributed by atoms with E-state index in [1.165, 1.54) is 6.92 Å². The van der Waals surface area contributed by atoms with Crippen molar-refractivity contribution in [3.63, 3.8) is 0 Å². The third-order valence-electron chi connectivity index (χ3n) is 10.9. The second-order valence-corrected chi connectivity index (χ2v) is 16.5. The molecule has 3 saturated heterocycles. The van der Waals surface area contributed by atoms with E-state index in [1.807, 2.05) is 119 Å². The number of benzene rings is 3. The van der Waals surface area contributed by atoms with Gasteiger partial charge in [-0.1, -0.05) is 119 Å². The second kappa shape index (κ2) is 25.4. The van der Waals surface area contributed by atoms with Crippen LogP contribution in [0.3, 0.4) is 0 Å². The molecule has 62 heavy (non-hydrogen) atoms. The van der Waals surface area contributed by atoms with Crippen LogP contribution in [0.25, 0.3) is 0 Å². The maximum Gasteiger partial charge on any atom is 0.329 e. The van der Waals surface area contributed by atoms with E-state index in [-0.39, 0.29) is 66.7 Å². The van der Waals surface area contributed by atoms with Crippen LogP contribution < -0.4 is 16.4 Å². The Kier molecular flexibility index (Phi) is 20.1. The predicted octanol–water partition coefficient (Wildman–Crippen LogP) is 5.07. The van der Waals surface area contributed by atoms with Crippen LogP contribution in [0, 0.1) is 11.8 Å². The highest BCUT2D eigenvalue weighted by Gasteiger charge is 2.40. The lowest BCUT2D eigenvalue weighted by Crippen LogP contribution is -2.53. The van der Waals surface area contributed by atoms with Gasteiger partial charge in [-0.2, -0.15) is 0 Å². The molecule has 3 amide bonds. The normalized spacial score (nSPS) is 19.0. The Labute approximate surface area is 366 Å². The number of rotatable bonds is 14. The molecule has 6 rings (SSSR count). The van der Waals surface area contributed by atoms with Crippen LogP contribution in [0.1, 0.15) is 89.8 Å². The zero-order chi connectivity index (χ0) is 45.0. The summed E-state index contributed by atoms with van der Waals surface area (Å²) >= 11 is 0. The van der Waals surface area contributed by atoms with Gasteiger partial charge in [0.25, 0.3) is 0 Å². The van der Waals surface area contributed by atoms with Crippen molar-refractivity contribution in [3.8, 4) is 0 Å². The Morgan fingerprint density at radius 1 is 0.613 bits per heavy atom. The number of carbonyl (C=O) groups is 6. The zero-order valence-corrected chi connectivity index (χ0v) is 36.8. The largest absolute Gasteiger partial charge is 0.460 e. The van der Waals surface area contributed by atoms with Crippen LogP contribution in [0.15, 0.2) is 91.0 Å². The van der Waals surface area contributed by atoms with E-state index < -0.39 is 24.2 Å². The molecule has 0 bridgehead atoms. The highest BCUT2D eigenvalue weighted by Crippen LogP contribution is 2.23. The molecule has 14 heteroatoms. The highest BCUT2D eigenvalue weighted by atomic mass is 16.5. The molecule has 3 aromatic carbocycles. The van der Waals surface area contributed by atoms with E-state index in [4.69, 9.17) is 19.9 Å². The number of hydrogen-bond acceptors (Lipinski definition) is 11. The van der Waals surface area contributed by atoms with Gasteiger partial charge < -0.3 is 40.4 Å². The average Bonchev–Trinajstić information content (AvgIpc) is 4.10. The Morgan fingerprint density at radius 3 is 1.40 bits per heavy atom. The van der Waals surface area contributed by atoms with Gasteiger partial charge in [0.05, 0.1) is 6.04 Å². The van der Waals surface area contributed by atoms with Crippen molar-refractivity contribution in [1.29, 1.82) is 0 Å². The lowest BCUT2D eigenvalue weighted by Gasteiger charge is -2.29. The van der Waals surface area contributed by atoms with E-state index in [9.17, 15) is 28.8 Å². The maximum atomic E-state index is 12.8. The number of nitrogens with one attached hydrogen (secondary N) is 2. The number of esters is 3. The number of nitrogens with zero attached hydrogens (tertiary/aromatic N) is 2. The van der Waals surface area contributed by atoms with Crippen LogP contribution in [-0.2, 0) is 62.8 Å². The van der Waals surface area contributed by atoms with E-state index in [1.54, 1.807) is 9.80 Å². The Bertz CT molecular complexity index is 1870. The molecule has 0 saturated carbocycles. The first-order valence-electron chi connectivity index (χ1n) is 21.8. The predicted molar refractivity (Wildman–Crippen MR) is 234 cm³/mol. The fraction of sp³-hybridized carbons (Fsp3) is 0.500. The van der Waals surface area contributed by atoms with Crippen molar-refractivity contribution in [2.24, 2.45) is 17.6 Å². The van der Waals surface area contributed by atoms with E-state index in [0.717, 1.165) is 48.9 Å². The van der Waals surface area contributed by atoms with Gasteiger partial charge in [0, 0.05) is 20.0 Å². The van der Waals surface area contributed by atoms with Gasteiger partial charge in [-0.25, -0.2) is 9.59 Å². The zero-order valence-electron chi connectivity index (χ0n) is 36.8. The summed E-state index contributed by atoms with van der Waals surface area (Å²) < 4.78 is 16.0. The SMILES string of the molecule is CC(=O)N[C@H](C(=O)N1CCCC1C(=O)OCc1ccccc1)C(C)C.CC(C)[C@H](N)C(=O)N1CCCC1C(=O)OCc1ccccc1.O=C(OCc1ccccc1)C1CCCN1. The van der Waals surface area contributed by atoms with Gasteiger partial charge in [0.2, 0.25) is 17.7 Å². The molecule has 0 aromatic heterocycles. The fourth-order valence-corrected chi connectivity index (χ4v) is 7.30. The average molecular weight is 856 g/mol. The summed E-state index contributed by atoms with van der Waals surface area (Å²) in [7, 11) is 0. The van der Waals surface area contributed by atoms with Crippen LogP contribution in [0.4, 0.5) is 0 Å². The maximum absolute atomic E-state index is 12.8. The first-order valence-corrected chi connectivity index (χ1v) is 21.8. The molecule has 0 radical (unpaired) electrons. The molecule has 3 aliphatic heterocycles. The molecule has 336 valence electrons. The lowest BCUT2D eigenvalue weighted by molar-refractivity contribution is -0.155. The second-order valence-electron chi connectivity index (χ2n) is 16.5. The topological polar surface area (TPSA) is 187 Å². The van der Waals surface area contributed by atoms with E-state index in [2.05, 4.69) is 10.6 Å². The van der Waals surface area contributed by atoms with Crippen molar-refractivity contribution in [1.82, 2.24) is 20.4 Å². The van der Waals surface area contributed by atoms with Gasteiger partial charge in [-0.15, -0.1) is 0 Å². The molecular weight excluding hydrogens is 791 g/mol. The number of ether oxygens (including phenoxy) is 3. The Balaban J connectivity index is 0.000000210. The summed E-state index contributed by atoms with van der Waals surface area (Å²) in [5.41, 5.74) is 8.80. The molecule has 3 unspecified atom stereocenters. The summed E-state index contributed by atoms with van der Waals surface area (Å²) in [4.78, 5) is 75.9. The molecule has 3 fully saturated rings. The van der Waals surface area contributed by atoms with Crippen molar-refractivity contribution in [3.05, 3.63) is 108 Å². The molecule has 4 N–H and O–H groups in total. The summed E-state index contributed by atoms with van der Waals surface area (Å²) in [6, 6.07) is 26.3. The first-order chi connectivity index (χ1) is 29.8. The molecule has 0 aliphatic carbocycles. The molecule has 5 atom stereocenters. The smallest absolute Gasteiger partial charge is 0.329 e. The minimum Gasteiger partial charge on any atom is -0.460 e. The van der Waals surface area contributed by atoms with Gasteiger partial charge in [0.15, 0.2) is 0 Å². The minimum atomic E-state index is -0.625. The van der Waals surface area contributed by atoms with E-state index >= 15 is 0 Å². The van der Waals surface area contributed by atoms with Crippen molar-refractivity contribution >= 4 is 35.6 Å². The summed E-state index contributed by atoms with van der Waals surface area (Å²) in [6.45, 7) is 11.7. The monoisotopic (exact) mass is 855 g/mol. The quantitative estimate of drug-likeness (QED) is 0.145. The summed E-state index contributed by atoms with van der Waals surface area (Å²) in [6.07, 6.45) is 4.75. The van der Waals surface area contributed by atoms with Gasteiger partial charge in [-0.3, -0.25) is 19.2 Å². The molecule has 0 spiro atoms. The van der Waals surface area contributed by atoms with Gasteiger partial charge >= 0.3 is 17.9 Å². The number of amides is 3. The first kappa shape index (κ1) is 49.1. The van der Waals surface area contributed by atoms with E-state index in [0.29, 0.717) is 32.5 Å². The summed E-state index contributed by atoms with van der Waals surface area (Å²) in [5.74, 6) is -1.50. The molecule has 3 aliphatic rings. The molecular formula is C48H65N5O9. The number of likely N-dealkylation sites (tertiary alicyclic amines) is 2. The third kappa shape index (κ3) is 15.4. The number of carbonyl (C=O) groups excluding carboxylic acids is 6. The molecule has 3 aromatic rings. The number of nitrogens with two attached hydrogens (primary N) is 1. The standard InChI is InChI=1S/C19H26N2O4.C17H24N2O3.C12H15NO2/c1-13(2)17(20-14(3)22)18(23)21-11-7-10-16(21)19(24)25-12-15-8-5-4-6-9-15;1-12(2)15(18)16(20)19-10-6-9-14(19)17(21)22-11-13-7-4-3-5-8-13;14-12(11-7-4-8-13-11)15-9-10-5-2-1-3-6-10/h4-6,8-9,13,16-17H,7,10-12H2,1-3H3,(H,20,22);3-5,7-8,12,14-15H,6,9-11,18H2,1-2H3;1-3,5-6,11,13H,4,7-9H2/t16?,17-;14?,15-;/m00./s1. The van der Waals surface area contributed by atoms with Crippen molar-refractivity contribution < 1.29 is 43.0 Å². The Hall–Kier alpha value is -5.60. The van der Waals surface area contributed by atoms with Crippen LogP contribution in [0.5, 0.6) is 0 Å². The van der Waals surface area contributed by atoms with Crippen LogP contribution >= 0.6 is 0 Å². The minimum absolute atomic E-state index is 0.0501. The lowest BCUT2D eigenvalue weighted by atomic mass is 10.0. The highest BCUT2D eigenvalue weighted by molar-refractivity contribution is 5.91. The fourth-order valence-electron chi connectivity index (χ4n) is 7.30. The van der Waals surface area contributed by atoms with Crippen molar-refractivity contribution in [2.45, 2.75) is 123 Å². The molecule has 14 nitrogen and oxygen atoms in total. The van der Waals surface area contributed by atoms with Crippen molar-refractivity contribution in [2.75, 3.05) is 19.6 Å².